The van der Waals surface area contributed by atoms with Gasteiger partial charge in [-0.25, -0.2) is 0 Å². The molecular weight excluding hydrogens is 693 g/mol. The zero-order valence-electron chi connectivity index (χ0n) is 24.7. The van der Waals surface area contributed by atoms with E-state index in [0.717, 1.165) is 21.8 Å². The number of aliphatic imine (C=N–C) groups is 1. The van der Waals surface area contributed by atoms with Crippen molar-refractivity contribution in [1.29, 1.82) is 0 Å². The van der Waals surface area contributed by atoms with E-state index in [1.54, 1.807) is 0 Å². The third-order valence-corrected chi connectivity index (χ3v) is 12.8. The minimum absolute atomic E-state index is 0.657. The molecule has 3 heterocycles. The molecule has 0 saturated heterocycles. The van der Waals surface area contributed by atoms with Crippen LogP contribution in [0.25, 0.3) is 52.8 Å². The fourth-order valence-electron chi connectivity index (χ4n) is 7.07. The normalized spacial score (nSPS) is 14.3. The molecule has 2 aliphatic rings. The van der Waals surface area contributed by atoms with E-state index < -0.39 is 21.5 Å². The SMILES string of the molecule is c1ccc(C2=[N+](Cc3ccc4sc5ccccc5c4c3)[I-]C(N3c4c(ccc5ccccc45)-c4cccc5cccc3c45)=N2)cc1. The molecule has 0 amide bonds. The van der Waals surface area contributed by atoms with Crippen molar-refractivity contribution in [3.8, 4) is 11.1 Å². The van der Waals surface area contributed by atoms with Crippen molar-refractivity contribution in [3.63, 3.8) is 0 Å². The van der Waals surface area contributed by atoms with Crippen molar-refractivity contribution in [1.82, 2.24) is 0 Å². The first kappa shape index (κ1) is 26.4. The van der Waals surface area contributed by atoms with Crippen molar-refractivity contribution in [2.24, 2.45) is 4.99 Å². The number of halogens is 1. The summed E-state index contributed by atoms with van der Waals surface area (Å²) in [5.74, 6) is 1.06. The zero-order chi connectivity index (χ0) is 30.2. The van der Waals surface area contributed by atoms with Crippen LogP contribution >= 0.6 is 11.3 Å². The predicted molar refractivity (Wildman–Crippen MR) is 190 cm³/mol. The monoisotopic (exact) mass is 719 g/mol. The van der Waals surface area contributed by atoms with Gasteiger partial charge in [-0.1, -0.05) is 0 Å². The van der Waals surface area contributed by atoms with Gasteiger partial charge in [-0.15, -0.1) is 0 Å². The molecule has 8 aromatic rings. The average Bonchev–Trinajstić information content (AvgIpc) is 3.70. The summed E-state index contributed by atoms with van der Waals surface area (Å²) in [6, 6.07) is 53.3. The van der Waals surface area contributed by atoms with Crippen LogP contribution in [0, 0.1) is 0 Å². The Morgan fingerprint density at radius 2 is 1.37 bits per heavy atom. The van der Waals surface area contributed by atoms with Crippen LogP contribution in [0.2, 0.25) is 0 Å². The topological polar surface area (TPSA) is 18.6 Å². The van der Waals surface area contributed by atoms with E-state index >= 15 is 0 Å². The van der Waals surface area contributed by atoms with Crippen LogP contribution in [0.3, 0.4) is 0 Å². The van der Waals surface area contributed by atoms with Gasteiger partial charge >= 0.3 is 283 Å². The molecule has 0 fully saturated rings. The molecule has 1 aromatic heterocycles. The van der Waals surface area contributed by atoms with Gasteiger partial charge < -0.3 is 0 Å². The van der Waals surface area contributed by atoms with Gasteiger partial charge in [0.2, 0.25) is 0 Å². The van der Waals surface area contributed by atoms with Crippen molar-refractivity contribution in [3.05, 3.63) is 157 Å². The summed E-state index contributed by atoms with van der Waals surface area (Å²) in [6.07, 6.45) is 0. The van der Waals surface area contributed by atoms with Crippen molar-refractivity contribution >= 4 is 74.1 Å². The van der Waals surface area contributed by atoms with Crippen LogP contribution in [0.15, 0.2) is 151 Å². The first-order chi connectivity index (χ1) is 22.8. The molecule has 2 aliphatic heterocycles. The standard InChI is InChI=1S/C41H26IN3S/c1-2-11-29(12-3-1)40-43-41(42-44(40)25-26-20-23-37-34(24-26)31-16-6-7-19-36(31)46-37)45-35-18-9-14-28-13-8-17-32(38(28)35)33-22-21-27-10-4-5-15-30(27)39(33)45/h1-24H,25H2. The number of fused-ring (bicyclic) bond motifs is 7. The molecule has 0 atom stereocenters. The number of benzene rings is 7. The van der Waals surface area contributed by atoms with Crippen molar-refractivity contribution in [2.75, 3.05) is 4.90 Å². The second-order valence-corrected chi connectivity index (χ2v) is 15.5. The fourth-order valence-corrected chi connectivity index (χ4v) is 10.9. The number of anilines is 2. The van der Waals surface area contributed by atoms with E-state index in [9.17, 15) is 0 Å². The number of hydrogen-bond donors (Lipinski definition) is 0. The number of thiophene rings is 1. The molecule has 0 bridgehead atoms. The van der Waals surface area contributed by atoms with Gasteiger partial charge in [0.1, 0.15) is 0 Å². The summed E-state index contributed by atoms with van der Waals surface area (Å²) in [5, 5.41) is 7.75. The van der Waals surface area contributed by atoms with Crippen molar-refractivity contribution < 1.29 is 24.3 Å². The minimum atomic E-state index is -0.657. The molecule has 0 radical (unpaired) electrons. The van der Waals surface area contributed by atoms with Gasteiger partial charge in [-0.3, -0.25) is 0 Å². The van der Waals surface area contributed by atoms with E-state index in [0.29, 0.717) is 0 Å². The van der Waals surface area contributed by atoms with Gasteiger partial charge in [0.15, 0.2) is 0 Å². The Balaban J connectivity index is 1.15. The van der Waals surface area contributed by atoms with Crippen LogP contribution < -0.4 is 26.4 Å². The Morgan fingerprint density at radius 3 is 2.28 bits per heavy atom. The molecule has 7 aromatic carbocycles. The molecule has 0 unspecified atom stereocenters. The van der Waals surface area contributed by atoms with Crippen LogP contribution in [-0.2, 0) is 6.54 Å². The van der Waals surface area contributed by atoms with Gasteiger partial charge in [0.05, 0.1) is 0 Å². The van der Waals surface area contributed by atoms with Crippen LogP contribution in [0.1, 0.15) is 11.1 Å². The van der Waals surface area contributed by atoms with Gasteiger partial charge in [-0.2, -0.15) is 0 Å². The molecule has 46 heavy (non-hydrogen) atoms. The number of hydrogen-bond acceptors (Lipinski definition) is 3. The molecule has 0 saturated carbocycles. The maximum atomic E-state index is 5.56. The van der Waals surface area contributed by atoms with E-state index in [1.165, 1.54) is 69.8 Å². The van der Waals surface area contributed by atoms with Crippen LogP contribution in [0.5, 0.6) is 0 Å². The quantitative estimate of drug-likeness (QED) is 0.105. The van der Waals surface area contributed by atoms with E-state index in [1.807, 2.05) is 11.3 Å². The Bertz CT molecular complexity index is 2590. The average molecular weight is 720 g/mol. The Morgan fingerprint density at radius 1 is 0.609 bits per heavy atom. The summed E-state index contributed by atoms with van der Waals surface area (Å²) in [7, 11) is 0. The summed E-state index contributed by atoms with van der Waals surface area (Å²) >= 11 is 1.22. The number of amidine groups is 2. The first-order valence-electron chi connectivity index (χ1n) is 15.5. The third kappa shape index (κ3) is 4.01. The molecule has 0 aliphatic carbocycles. The van der Waals surface area contributed by atoms with Crippen LogP contribution in [-0.4, -0.2) is 12.5 Å². The Hall–Kier alpha value is -4.85. The van der Waals surface area contributed by atoms with Gasteiger partial charge in [-0.05, 0) is 0 Å². The molecule has 3 nitrogen and oxygen atoms in total. The Labute approximate surface area is 281 Å². The maximum absolute atomic E-state index is 5.56. The predicted octanol–water partition coefficient (Wildman–Crippen LogP) is 7.51. The summed E-state index contributed by atoms with van der Waals surface area (Å²) in [4.78, 5) is 8.06. The summed E-state index contributed by atoms with van der Waals surface area (Å²) in [6.45, 7) is 0.821. The van der Waals surface area contributed by atoms with E-state index in [-0.39, 0.29) is 0 Å². The Kier molecular flexibility index (Phi) is 5.93. The van der Waals surface area contributed by atoms with Crippen molar-refractivity contribution in [2.45, 2.75) is 6.54 Å². The zero-order valence-corrected chi connectivity index (χ0v) is 27.7. The molecule has 0 spiro atoms. The summed E-state index contributed by atoms with van der Waals surface area (Å²) in [5.41, 5.74) is 7.50. The molecule has 218 valence electrons. The first-order valence-corrected chi connectivity index (χ1v) is 18.3. The number of rotatable bonds is 3. The van der Waals surface area contributed by atoms with E-state index in [4.69, 9.17) is 4.99 Å². The third-order valence-electron chi connectivity index (χ3n) is 9.12. The van der Waals surface area contributed by atoms with Gasteiger partial charge in [0.25, 0.3) is 0 Å². The molecule has 10 rings (SSSR count). The van der Waals surface area contributed by atoms with E-state index in [2.05, 4.69) is 153 Å². The molecule has 5 heteroatoms. The number of nitrogens with zero attached hydrogens (tertiary/aromatic N) is 3. The molecule has 0 N–H and O–H groups in total. The molecular formula is C41H26IN3S. The summed E-state index contributed by atoms with van der Waals surface area (Å²) < 4.78 is 6.40. The van der Waals surface area contributed by atoms with Crippen LogP contribution in [0.4, 0.5) is 11.4 Å². The second kappa shape index (κ2) is 10.3. The van der Waals surface area contributed by atoms with Gasteiger partial charge in [0, 0.05) is 0 Å². The fraction of sp³-hybridized carbons (Fsp3) is 0.0244. The second-order valence-electron chi connectivity index (χ2n) is 11.8.